The van der Waals surface area contributed by atoms with Crippen LogP contribution in [0.25, 0.3) is 0 Å². The summed E-state index contributed by atoms with van der Waals surface area (Å²) in [4.78, 5) is 0. The molecule has 0 aromatic rings. The van der Waals surface area contributed by atoms with Crippen LogP contribution in [0.2, 0.25) is 0 Å². The van der Waals surface area contributed by atoms with E-state index in [2.05, 4.69) is 32.9 Å². The molecule has 0 rings (SSSR count). The van der Waals surface area contributed by atoms with Gasteiger partial charge in [0.1, 0.15) is 0 Å². The summed E-state index contributed by atoms with van der Waals surface area (Å²) in [6, 6.07) is 0. The van der Waals surface area contributed by atoms with E-state index in [4.69, 9.17) is 5.41 Å². The third-order valence-corrected chi connectivity index (χ3v) is 2.15. The maximum atomic E-state index is 7.26. The Morgan fingerprint density at radius 1 is 1.14 bits per heavy atom. The smallest absolute Gasteiger partial charge is 0.00613 e. The van der Waals surface area contributed by atoms with Gasteiger partial charge >= 0.3 is 0 Å². The third-order valence-electron chi connectivity index (χ3n) is 2.15. The number of allylic oxidation sites excluding steroid dienone is 2. The van der Waals surface area contributed by atoms with Crippen molar-refractivity contribution in [2.75, 3.05) is 0 Å². The zero-order valence-corrected chi connectivity index (χ0v) is 10.2. The van der Waals surface area contributed by atoms with Gasteiger partial charge in [-0.3, -0.25) is 0 Å². The van der Waals surface area contributed by atoms with E-state index in [-0.39, 0.29) is 0 Å². The highest BCUT2D eigenvalue weighted by Crippen LogP contribution is 2.21. The maximum absolute atomic E-state index is 7.26. The molecule has 0 radical (unpaired) electrons. The van der Waals surface area contributed by atoms with Crippen LogP contribution in [-0.2, 0) is 0 Å². The summed E-state index contributed by atoms with van der Waals surface area (Å²) in [6.45, 7) is 8.73. The van der Waals surface area contributed by atoms with Crippen molar-refractivity contribution in [2.45, 2.75) is 59.8 Å². The first-order valence-corrected chi connectivity index (χ1v) is 5.61. The highest BCUT2D eigenvalue weighted by molar-refractivity contribution is 5.78. The molecule has 0 aromatic carbocycles. The predicted molar refractivity (Wildman–Crippen MR) is 65.1 cm³/mol. The summed E-state index contributed by atoms with van der Waals surface area (Å²) in [5.41, 5.74) is 1.25. The van der Waals surface area contributed by atoms with Gasteiger partial charge in [-0.25, -0.2) is 0 Å². The van der Waals surface area contributed by atoms with Gasteiger partial charge in [0.25, 0.3) is 0 Å². The molecule has 0 unspecified atom stereocenters. The van der Waals surface area contributed by atoms with Crippen LogP contribution >= 0.6 is 0 Å². The van der Waals surface area contributed by atoms with Crippen molar-refractivity contribution >= 4 is 5.71 Å². The summed E-state index contributed by atoms with van der Waals surface area (Å²) >= 11 is 0. The molecule has 0 saturated heterocycles. The Balaban J connectivity index is 3.32. The molecule has 0 aliphatic rings. The van der Waals surface area contributed by atoms with E-state index in [1.165, 1.54) is 19.3 Å². The molecule has 0 spiro atoms. The summed E-state index contributed by atoms with van der Waals surface area (Å²) in [7, 11) is 0. The Bertz CT molecular complexity index is 184. The average molecular weight is 195 g/mol. The SMILES string of the molecule is CC(=N)CC/C=C/CCCC(C)(C)C. The van der Waals surface area contributed by atoms with Crippen molar-refractivity contribution < 1.29 is 0 Å². The minimum atomic E-state index is 0.472. The molecule has 1 N–H and O–H groups in total. The quantitative estimate of drug-likeness (QED) is 0.364. The van der Waals surface area contributed by atoms with Crippen molar-refractivity contribution in [1.82, 2.24) is 0 Å². The molecular weight excluding hydrogens is 170 g/mol. The Morgan fingerprint density at radius 2 is 1.71 bits per heavy atom. The van der Waals surface area contributed by atoms with Gasteiger partial charge in [-0.05, 0) is 44.4 Å². The van der Waals surface area contributed by atoms with Crippen LogP contribution in [0.3, 0.4) is 0 Å². The van der Waals surface area contributed by atoms with Crippen LogP contribution in [0, 0.1) is 10.8 Å². The van der Waals surface area contributed by atoms with Crippen molar-refractivity contribution in [3.05, 3.63) is 12.2 Å². The van der Waals surface area contributed by atoms with Gasteiger partial charge in [0.15, 0.2) is 0 Å². The molecule has 0 heterocycles. The van der Waals surface area contributed by atoms with Crippen molar-refractivity contribution in [2.24, 2.45) is 5.41 Å². The number of nitrogens with one attached hydrogen (secondary N) is 1. The van der Waals surface area contributed by atoms with E-state index < -0.39 is 0 Å². The molecule has 0 atom stereocenters. The second-order valence-electron chi connectivity index (χ2n) is 5.24. The number of hydrogen-bond donors (Lipinski definition) is 1. The van der Waals surface area contributed by atoms with Crippen molar-refractivity contribution in [3.8, 4) is 0 Å². The summed E-state index contributed by atoms with van der Waals surface area (Å²) in [6.07, 6.45) is 10.2. The van der Waals surface area contributed by atoms with E-state index in [1.807, 2.05) is 6.92 Å². The first-order chi connectivity index (χ1) is 6.42. The van der Waals surface area contributed by atoms with Gasteiger partial charge in [-0.2, -0.15) is 0 Å². The molecular formula is C13H25N. The van der Waals surface area contributed by atoms with Gasteiger partial charge in [0.2, 0.25) is 0 Å². The van der Waals surface area contributed by atoms with E-state index in [0.29, 0.717) is 5.41 Å². The molecule has 0 aliphatic carbocycles. The number of rotatable bonds is 6. The van der Waals surface area contributed by atoms with Gasteiger partial charge in [0.05, 0.1) is 0 Å². The van der Waals surface area contributed by atoms with Gasteiger partial charge < -0.3 is 5.41 Å². The fourth-order valence-corrected chi connectivity index (χ4v) is 1.29. The standard InChI is InChI=1S/C13H25N/c1-12(14)10-8-6-5-7-9-11-13(2,3)4/h5-6,14H,7-11H2,1-4H3/b6-5+,14-12?. The Kier molecular flexibility index (Phi) is 6.52. The molecule has 0 aromatic heterocycles. The van der Waals surface area contributed by atoms with E-state index in [0.717, 1.165) is 18.6 Å². The third kappa shape index (κ3) is 11.4. The average Bonchev–Trinajstić information content (AvgIpc) is 2.00. The summed E-state index contributed by atoms with van der Waals surface area (Å²) in [5, 5.41) is 7.26. The minimum Gasteiger partial charge on any atom is -0.310 e. The minimum absolute atomic E-state index is 0.472. The fraction of sp³-hybridized carbons (Fsp3) is 0.769. The van der Waals surface area contributed by atoms with Crippen LogP contribution in [0.15, 0.2) is 12.2 Å². The predicted octanol–water partition coefficient (Wildman–Crippen LogP) is 4.58. The molecule has 1 heteroatoms. The van der Waals surface area contributed by atoms with Crippen molar-refractivity contribution in [3.63, 3.8) is 0 Å². The van der Waals surface area contributed by atoms with Crippen LogP contribution in [-0.4, -0.2) is 5.71 Å². The summed E-state index contributed by atoms with van der Waals surface area (Å²) < 4.78 is 0. The van der Waals surface area contributed by atoms with Crippen molar-refractivity contribution in [1.29, 1.82) is 5.41 Å². The molecule has 0 amide bonds. The van der Waals surface area contributed by atoms with Crippen LogP contribution in [0.5, 0.6) is 0 Å². The highest BCUT2D eigenvalue weighted by atomic mass is 14.4. The van der Waals surface area contributed by atoms with E-state index >= 15 is 0 Å². The van der Waals surface area contributed by atoms with Crippen LogP contribution < -0.4 is 0 Å². The van der Waals surface area contributed by atoms with Crippen LogP contribution in [0.4, 0.5) is 0 Å². The van der Waals surface area contributed by atoms with Gasteiger partial charge in [0, 0.05) is 5.71 Å². The maximum Gasteiger partial charge on any atom is 0.00613 e. The molecule has 0 bridgehead atoms. The normalized spacial score (nSPS) is 12.3. The summed E-state index contributed by atoms with van der Waals surface area (Å²) in [5.74, 6) is 0. The molecule has 14 heavy (non-hydrogen) atoms. The number of hydrogen-bond acceptors (Lipinski definition) is 1. The van der Waals surface area contributed by atoms with E-state index in [9.17, 15) is 0 Å². The topological polar surface area (TPSA) is 23.9 Å². The zero-order chi connectivity index (χ0) is 11.0. The lowest BCUT2D eigenvalue weighted by atomic mass is 9.90. The van der Waals surface area contributed by atoms with E-state index in [1.54, 1.807) is 0 Å². The number of unbranched alkanes of at least 4 members (excludes halogenated alkanes) is 1. The fourth-order valence-electron chi connectivity index (χ4n) is 1.29. The monoisotopic (exact) mass is 195 g/mol. The zero-order valence-electron chi connectivity index (χ0n) is 10.2. The first-order valence-electron chi connectivity index (χ1n) is 5.61. The molecule has 0 saturated carbocycles. The van der Waals surface area contributed by atoms with Gasteiger partial charge in [-0.15, -0.1) is 0 Å². The van der Waals surface area contributed by atoms with Crippen LogP contribution in [0.1, 0.15) is 59.8 Å². The molecule has 1 nitrogen and oxygen atoms in total. The molecule has 0 aliphatic heterocycles. The van der Waals surface area contributed by atoms with Gasteiger partial charge in [-0.1, -0.05) is 32.9 Å². The first kappa shape index (κ1) is 13.4. The molecule has 0 fully saturated rings. The molecule has 82 valence electrons. The highest BCUT2D eigenvalue weighted by Gasteiger charge is 2.07. The lowest BCUT2D eigenvalue weighted by molar-refractivity contribution is 0.367. The Labute approximate surface area is 89.1 Å². The lowest BCUT2D eigenvalue weighted by Crippen LogP contribution is -2.03. The Morgan fingerprint density at radius 3 is 2.21 bits per heavy atom. The second-order valence-corrected chi connectivity index (χ2v) is 5.24. The Hall–Kier alpha value is -0.590. The lowest BCUT2D eigenvalue weighted by Gasteiger charge is -2.16. The largest absolute Gasteiger partial charge is 0.310 e. The second kappa shape index (κ2) is 6.80.